The first kappa shape index (κ1) is 36.2. The summed E-state index contributed by atoms with van der Waals surface area (Å²) in [6, 6.07) is 50.1. The second kappa shape index (κ2) is 18.0. The summed E-state index contributed by atoms with van der Waals surface area (Å²) in [5.41, 5.74) is 9.74. The zero-order valence-corrected chi connectivity index (χ0v) is 30.5. The molecule has 246 valence electrons. The molecule has 0 heterocycles. The summed E-state index contributed by atoms with van der Waals surface area (Å²) in [5, 5.41) is 8.11. The predicted molar refractivity (Wildman–Crippen MR) is 216 cm³/mol. The lowest BCUT2D eigenvalue weighted by Crippen LogP contribution is -1.99. The average Bonchev–Trinajstić information content (AvgIpc) is 3.13. The van der Waals surface area contributed by atoms with E-state index in [0.29, 0.717) is 5.92 Å². The van der Waals surface area contributed by atoms with Crippen LogP contribution in [-0.4, -0.2) is 0 Å². The van der Waals surface area contributed by atoms with Gasteiger partial charge in [0.25, 0.3) is 0 Å². The van der Waals surface area contributed by atoms with Crippen molar-refractivity contribution >= 4 is 32.3 Å². The molecule has 0 aliphatic carbocycles. The molecule has 0 amide bonds. The first-order valence-corrected chi connectivity index (χ1v) is 17.9. The highest BCUT2D eigenvalue weighted by Crippen LogP contribution is 2.42. The highest BCUT2D eigenvalue weighted by atomic mass is 14.2. The molecule has 7 rings (SSSR count). The van der Waals surface area contributed by atoms with Gasteiger partial charge in [-0.1, -0.05) is 192 Å². The molecule has 48 heavy (non-hydrogen) atoms. The van der Waals surface area contributed by atoms with E-state index in [0.717, 1.165) is 6.42 Å². The molecule has 0 spiro atoms. The van der Waals surface area contributed by atoms with Crippen molar-refractivity contribution in [3.8, 4) is 11.1 Å². The zero-order chi connectivity index (χ0) is 34.5. The number of rotatable bonds is 5. The summed E-state index contributed by atoms with van der Waals surface area (Å²) < 4.78 is 0. The Bertz CT molecular complexity index is 2030. The van der Waals surface area contributed by atoms with Crippen molar-refractivity contribution in [2.24, 2.45) is 0 Å². The first-order chi connectivity index (χ1) is 23.4. The highest BCUT2D eigenvalue weighted by molar-refractivity contribution is 6.16. The Kier molecular flexibility index (Phi) is 13.6. The molecule has 0 bridgehead atoms. The van der Waals surface area contributed by atoms with Crippen LogP contribution in [-0.2, 0) is 6.42 Å². The number of hydrogen-bond donors (Lipinski definition) is 0. The maximum Gasteiger partial charge on any atom is -0.00667 e. The van der Waals surface area contributed by atoms with E-state index in [1.807, 2.05) is 32.0 Å². The fourth-order valence-electron chi connectivity index (χ4n) is 6.42. The average molecular weight is 631 g/mol. The monoisotopic (exact) mass is 630 g/mol. The molecule has 0 radical (unpaired) electrons. The molecule has 0 fully saturated rings. The standard InChI is InChI=1S/C26H26.C13H14.C7H8.C2H6/c1-5-18(3)20-15-14-17(2)16-25(20)26-19(4)21-10-6-7-11-22(21)23-12-8-9-13-24(23)26;1-2-5-11-8-9-12-6-3-4-7-13(12)10-11;1-7-5-3-2-4-6-7;1-2/h6-16,18H,5H2,1-4H3;3-4,6-10H,2,5H2,1H3;2-6H,1H3;1-2H3. The molecule has 0 nitrogen and oxygen atoms in total. The van der Waals surface area contributed by atoms with Gasteiger partial charge in [0.1, 0.15) is 0 Å². The second-order valence-electron chi connectivity index (χ2n) is 12.6. The number of hydrogen-bond acceptors (Lipinski definition) is 0. The van der Waals surface area contributed by atoms with Gasteiger partial charge in [0.2, 0.25) is 0 Å². The fraction of sp³-hybridized carbons (Fsp3) is 0.250. The van der Waals surface area contributed by atoms with Crippen molar-refractivity contribution in [2.45, 2.75) is 80.6 Å². The second-order valence-corrected chi connectivity index (χ2v) is 12.6. The van der Waals surface area contributed by atoms with E-state index < -0.39 is 0 Å². The fourth-order valence-corrected chi connectivity index (χ4v) is 6.42. The Morgan fingerprint density at radius 2 is 1.06 bits per heavy atom. The van der Waals surface area contributed by atoms with Crippen molar-refractivity contribution in [2.75, 3.05) is 0 Å². The molecule has 0 heteroatoms. The Morgan fingerprint density at radius 3 is 1.67 bits per heavy atom. The first-order valence-electron chi connectivity index (χ1n) is 17.9. The molecule has 0 aromatic heterocycles. The minimum absolute atomic E-state index is 0.551. The maximum absolute atomic E-state index is 2.38. The normalized spacial score (nSPS) is 11.1. The third-order valence-electron chi connectivity index (χ3n) is 9.11. The van der Waals surface area contributed by atoms with Crippen LogP contribution >= 0.6 is 0 Å². The van der Waals surface area contributed by atoms with E-state index >= 15 is 0 Å². The quantitative estimate of drug-likeness (QED) is 0.166. The van der Waals surface area contributed by atoms with Crippen LogP contribution in [0.3, 0.4) is 0 Å². The van der Waals surface area contributed by atoms with Crippen LogP contribution in [0.4, 0.5) is 0 Å². The largest absolute Gasteiger partial charge is 0.0683 e. The van der Waals surface area contributed by atoms with Crippen LogP contribution in [0.15, 0.2) is 140 Å². The van der Waals surface area contributed by atoms with E-state index in [1.54, 1.807) is 0 Å². The lowest BCUT2D eigenvalue weighted by Gasteiger charge is -2.21. The van der Waals surface area contributed by atoms with Gasteiger partial charge in [0.15, 0.2) is 0 Å². The summed E-state index contributed by atoms with van der Waals surface area (Å²) >= 11 is 0. The van der Waals surface area contributed by atoms with Gasteiger partial charge in [-0.05, 0) is 99.7 Å². The summed E-state index contributed by atoms with van der Waals surface area (Å²) in [7, 11) is 0. The highest BCUT2D eigenvalue weighted by Gasteiger charge is 2.17. The van der Waals surface area contributed by atoms with E-state index in [4.69, 9.17) is 0 Å². The summed E-state index contributed by atoms with van der Waals surface area (Å²) in [4.78, 5) is 0. The SMILES string of the molecule is CC.CCC(C)c1ccc(C)cc1-c1c(C)c2ccccc2c2ccccc12.CCCc1ccc2ccccc2c1.Cc1ccccc1. The summed E-state index contributed by atoms with van der Waals surface area (Å²) in [5.74, 6) is 0.551. The van der Waals surface area contributed by atoms with Gasteiger partial charge < -0.3 is 0 Å². The molecule has 0 N–H and O–H groups in total. The van der Waals surface area contributed by atoms with Gasteiger partial charge in [-0.25, -0.2) is 0 Å². The Balaban J connectivity index is 0.000000195. The van der Waals surface area contributed by atoms with Crippen molar-refractivity contribution in [1.82, 2.24) is 0 Å². The van der Waals surface area contributed by atoms with Crippen molar-refractivity contribution in [1.29, 1.82) is 0 Å². The van der Waals surface area contributed by atoms with Gasteiger partial charge in [-0.15, -0.1) is 0 Å². The number of benzene rings is 7. The Labute approximate surface area is 290 Å². The van der Waals surface area contributed by atoms with Gasteiger partial charge >= 0.3 is 0 Å². The molecule has 0 saturated heterocycles. The predicted octanol–water partition coefficient (Wildman–Crippen LogP) is 14.6. The lowest BCUT2D eigenvalue weighted by atomic mass is 9.83. The molecule has 7 aromatic carbocycles. The lowest BCUT2D eigenvalue weighted by molar-refractivity contribution is 0.735. The number of aryl methyl sites for hydroxylation is 4. The Morgan fingerprint density at radius 1 is 0.500 bits per heavy atom. The third kappa shape index (κ3) is 8.81. The summed E-state index contributed by atoms with van der Waals surface area (Å²) in [6.07, 6.45) is 3.56. The smallest absolute Gasteiger partial charge is 0.00667 e. The topological polar surface area (TPSA) is 0 Å². The number of fused-ring (bicyclic) bond motifs is 4. The molecule has 7 aromatic rings. The van der Waals surface area contributed by atoms with Crippen LogP contribution < -0.4 is 0 Å². The van der Waals surface area contributed by atoms with Crippen LogP contribution in [0, 0.1) is 20.8 Å². The van der Waals surface area contributed by atoms with Gasteiger partial charge in [-0.2, -0.15) is 0 Å². The van der Waals surface area contributed by atoms with Gasteiger partial charge in [0, 0.05) is 0 Å². The minimum atomic E-state index is 0.551. The van der Waals surface area contributed by atoms with Crippen LogP contribution in [0.5, 0.6) is 0 Å². The molecule has 1 unspecified atom stereocenters. The molecular weight excluding hydrogens is 577 g/mol. The molecular formula is C48H54. The Hall–Kier alpha value is -4.68. The van der Waals surface area contributed by atoms with Crippen LogP contribution in [0.1, 0.15) is 81.2 Å². The van der Waals surface area contributed by atoms with E-state index in [9.17, 15) is 0 Å². The van der Waals surface area contributed by atoms with E-state index in [1.165, 1.54) is 84.1 Å². The molecule has 1 atom stereocenters. The molecule has 0 aliphatic rings. The van der Waals surface area contributed by atoms with Crippen LogP contribution in [0.2, 0.25) is 0 Å². The maximum atomic E-state index is 2.38. The van der Waals surface area contributed by atoms with Crippen molar-refractivity contribution in [3.63, 3.8) is 0 Å². The minimum Gasteiger partial charge on any atom is -0.0683 e. The van der Waals surface area contributed by atoms with Crippen molar-refractivity contribution < 1.29 is 0 Å². The van der Waals surface area contributed by atoms with Crippen LogP contribution in [0.25, 0.3) is 43.4 Å². The van der Waals surface area contributed by atoms with Crippen molar-refractivity contribution in [3.05, 3.63) is 167 Å². The third-order valence-corrected chi connectivity index (χ3v) is 9.11. The van der Waals surface area contributed by atoms with Gasteiger partial charge in [-0.3, -0.25) is 0 Å². The zero-order valence-electron chi connectivity index (χ0n) is 30.5. The van der Waals surface area contributed by atoms with E-state index in [-0.39, 0.29) is 0 Å². The molecule has 0 aliphatic heterocycles. The summed E-state index contributed by atoms with van der Waals surface area (Å²) in [6.45, 7) is 17.4. The van der Waals surface area contributed by atoms with E-state index in [2.05, 4.69) is 163 Å². The molecule has 0 saturated carbocycles. The van der Waals surface area contributed by atoms with Gasteiger partial charge in [0.05, 0.1) is 0 Å².